The third kappa shape index (κ3) is 3.61. The molecule has 1 N–H and O–H groups in total. The summed E-state index contributed by atoms with van der Waals surface area (Å²) >= 11 is 0. The Hall–Kier alpha value is -1.87. The molecule has 0 amide bonds. The maximum atomic E-state index is 14.1. The number of aryl methyl sites for hydroxylation is 1. The molecule has 1 unspecified atom stereocenters. The van der Waals surface area contributed by atoms with Gasteiger partial charge in [-0.15, -0.1) is 0 Å². The smallest absolute Gasteiger partial charge is 0.131 e. The zero-order valence-electron chi connectivity index (χ0n) is 13.0. The zero-order chi connectivity index (χ0) is 15.4. The van der Waals surface area contributed by atoms with Crippen molar-refractivity contribution in [3.63, 3.8) is 0 Å². The lowest BCUT2D eigenvalue weighted by Crippen LogP contribution is -2.23. The number of hydrogen-bond acceptors (Lipinski definition) is 2. The van der Waals surface area contributed by atoms with Crippen molar-refractivity contribution < 1.29 is 9.13 Å². The third-order valence-electron chi connectivity index (χ3n) is 3.71. The van der Waals surface area contributed by atoms with Crippen LogP contribution in [0.15, 0.2) is 42.5 Å². The van der Waals surface area contributed by atoms with Crippen molar-refractivity contribution in [2.24, 2.45) is 0 Å². The number of rotatable bonds is 5. The van der Waals surface area contributed by atoms with Crippen LogP contribution in [0, 0.1) is 12.7 Å². The van der Waals surface area contributed by atoms with Crippen LogP contribution in [0.2, 0.25) is 0 Å². The maximum Gasteiger partial charge on any atom is 0.131 e. The van der Waals surface area contributed by atoms with E-state index >= 15 is 0 Å². The van der Waals surface area contributed by atoms with Crippen molar-refractivity contribution in [1.29, 1.82) is 0 Å². The number of methoxy groups -OCH3 is 1. The van der Waals surface area contributed by atoms with E-state index in [0.717, 1.165) is 0 Å². The van der Waals surface area contributed by atoms with Crippen molar-refractivity contribution in [2.45, 2.75) is 32.9 Å². The second-order valence-electron chi connectivity index (χ2n) is 5.38. The Labute approximate surface area is 126 Å². The van der Waals surface area contributed by atoms with E-state index < -0.39 is 0 Å². The Morgan fingerprint density at radius 1 is 1.05 bits per heavy atom. The zero-order valence-corrected chi connectivity index (χ0v) is 13.0. The highest BCUT2D eigenvalue weighted by atomic mass is 19.1. The van der Waals surface area contributed by atoms with Gasteiger partial charge in [-0.1, -0.05) is 35.9 Å². The molecule has 2 nitrogen and oxygen atoms in total. The van der Waals surface area contributed by atoms with Gasteiger partial charge in [-0.05, 0) is 38.5 Å². The number of halogens is 1. The van der Waals surface area contributed by atoms with Crippen LogP contribution >= 0.6 is 0 Å². The van der Waals surface area contributed by atoms with Gasteiger partial charge in [0.1, 0.15) is 11.6 Å². The molecule has 0 spiro atoms. The second kappa shape index (κ2) is 6.72. The van der Waals surface area contributed by atoms with Gasteiger partial charge in [-0.25, -0.2) is 4.39 Å². The third-order valence-corrected chi connectivity index (χ3v) is 3.71. The molecule has 0 radical (unpaired) electrons. The van der Waals surface area contributed by atoms with Gasteiger partial charge in [-0.3, -0.25) is 0 Å². The predicted molar refractivity (Wildman–Crippen MR) is 84.1 cm³/mol. The Kier molecular flexibility index (Phi) is 4.97. The average molecular weight is 287 g/mol. The Morgan fingerprint density at radius 3 is 2.43 bits per heavy atom. The van der Waals surface area contributed by atoms with E-state index in [2.05, 4.69) is 37.4 Å². The van der Waals surface area contributed by atoms with Crippen molar-refractivity contribution in [3.05, 3.63) is 65.0 Å². The van der Waals surface area contributed by atoms with Crippen molar-refractivity contribution in [1.82, 2.24) is 5.32 Å². The van der Waals surface area contributed by atoms with Crippen LogP contribution in [0.5, 0.6) is 5.75 Å². The van der Waals surface area contributed by atoms with Crippen LogP contribution in [0.3, 0.4) is 0 Å². The second-order valence-corrected chi connectivity index (χ2v) is 5.38. The van der Waals surface area contributed by atoms with Gasteiger partial charge >= 0.3 is 0 Å². The lowest BCUT2D eigenvalue weighted by Gasteiger charge is -2.23. The fourth-order valence-electron chi connectivity index (χ4n) is 2.61. The monoisotopic (exact) mass is 287 g/mol. The molecule has 2 atom stereocenters. The number of nitrogens with one attached hydrogen (secondary N) is 1. The SMILES string of the molecule is COc1cccc(F)c1C(C)N[C@@H](C)c1cccc(C)c1. The summed E-state index contributed by atoms with van der Waals surface area (Å²) in [4.78, 5) is 0. The van der Waals surface area contributed by atoms with E-state index in [-0.39, 0.29) is 17.9 Å². The first-order valence-electron chi connectivity index (χ1n) is 7.18. The summed E-state index contributed by atoms with van der Waals surface area (Å²) in [5.74, 6) is 0.331. The van der Waals surface area contributed by atoms with Crippen LogP contribution in [0.25, 0.3) is 0 Å². The first kappa shape index (κ1) is 15.5. The van der Waals surface area contributed by atoms with Gasteiger partial charge in [0, 0.05) is 17.6 Å². The summed E-state index contributed by atoms with van der Waals surface area (Å²) in [6.07, 6.45) is 0. The number of benzene rings is 2. The molecule has 0 saturated carbocycles. The average Bonchev–Trinajstić information content (AvgIpc) is 2.46. The van der Waals surface area contributed by atoms with Gasteiger partial charge in [0.15, 0.2) is 0 Å². The van der Waals surface area contributed by atoms with Gasteiger partial charge in [-0.2, -0.15) is 0 Å². The Morgan fingerprint density at radius 2 is 1.76 bits per heavy atom. The van der Waals surface area contributed by atoms with E-state index in [9.17, 15) is 4.39 Å². The summed E-state index contributed by atoms with van der Waals surface area (Å²) < 4.78 is 19.4. The molecule has 0 fully saturated rings. The first-order valence-corrected chi connectivity index (χ1v) is 7.18. The van der Waals surface area contributed by atoms with Crippen LogP contribution in [-0.2, 0) is 0 Å². The van der Waals surface area contributed by atoms with Crippen molar-refractivity contribution in [2.75, 3.05) is 7.11 Å². The summed E-state index contributed by atoms with van der Waals surface area (Å²) in [6, 6.07) is 13.2. The maximum absolute atomic E-state index is 14.1. The molecule has 21 heavy (non-hydrogen) atoms. The molecule has 0 aliphatic carbocycles. The predicted octanol–water partition coefficient (Wildman–Crippen LogP) is 4.55. The molecular formula is C18H22FNO. The lowest BCUT2D eigenvalue weighted by atomic mass is 10.0. The highest BCUT2D eigenvalue weighted by Gasteiger charge is 2.18. The topological polar surface area (TPSA) is 21.3 Å². The van der Waals surface area contributed by atoms with Crippen molar-refractivity contribution in [3.8, 4) is 5.75 Å². The molecule has 3 heteroatoms. The lowest BCUT2D eigenvalue weighted by molar-refractivity contribution is 0.387. The van der Waals surface area contributed by atoms with Crippen LogP contribution in [-0.4, -0.2) is 7.11 Å². The Balaban J connectivity index is 2.20. The molecule has 0 bridgehead atoms. The highest BCUT2D eigenvalue weighted by Crippen LogP contribution is 2.29. The van der Waals surface area contributed by atoms with E-state index in [1.54, 1.807) is 19.2 Å². The fraction of sp³-hybridized carbons (Fsp3) is 0.333. The number of hydrogen-bond donors (Lipinski definition) is 1. The van der Waals surface area contributed by atoms with Gasteiger partial charge in [0.2, 0.25) is 0 Å². The van der Waals surface area contributed by atoms with Gasteiger partial charge < -0.3 is 10.1 Å². The minimum Gasteiger partial charge on any atom is -0.496 e. The molecule has 2 rings (SSSR count). The summed E-state index contributed by atoms with van der Waals surface area (Å²) in [5, 5.41) is 3.44. The molecule has 0 aliphatic heterocycles. The van der Waals surface area contributed by atoms with Crippen LogP contribution in [0.4, 0.5) is 4.39 Å². The summed E-state index contributed by atoms with van der Waals surface area (Å²) in [5.41, 5.74) is 2.98. The molecule has 0 aromatic heterocycles. The van der Waals surface area contributed by atoms with Crippen molar-refractivity contribution >= 4 is 0 Å². The van der Waals surface area contributed by atoms with E-state index in [4.69, 9.17) is 4.74 Å². The van der Waals surface area contributed by atoms with Crippen LogP contribution in [0.1, 0.15) is 42.6 Å². The first-order chi connectivity index (χ1) is 10.0. The highest BCUT2D eigenvalue weighted by molar-refractivity contribution is 5.37. The molecular weight excluding hydrogens is 265 g/mol. The fourth-order valence-corrected chi connectivity index (χ4v) is 2.61. The van der Waals surface area contributed by atoms with E-state index in [0.29, 0.717) is 11.3 Å². The van der Waals surface area contributed by atoms with Gasteiger partial charge in [0.25, 0.3) is 0 Å². The normalized spacial score (nSPS) is 13.8. The summed E-state index contributed by atoms with van der Waals surface area (Å²) in [7, 11) is 1.56. The molecule has 0 aliphatic rings. The largest absolute Gasteiger partial charge is 0.496 e. The standard InChI is InChI=1S/C18H22FNO/c1-12-7-5-8-15(11-12)13(2)20-14(3)18-16(19)9-6-10-17(18)21-4/h5-11,13-14,20H,1-4H3/t13-,14?/m0/s1. The molecule has 2 aromatic carbocycles. The summed E-state index contributed by atoms with van der Waals surface area (Å²) in [6.45, 7) is 6.10. The minimum atomic E-state index is -0.245. The Bertz CT molecular complexity index is 612. The van der Waals surface area contributed by atoms with E-state index in [1.807, 2.05) is 13.0 Å². The quantitative estimate of drug-likeness (QED) is 0.870. The number of ether oxygens (including phenoxy) is 1. The molecule has 2 aromatic rings. The van der Waals surface area contributed by atoms with Gasteiger partial charge in [0.05, 0.1) is 7.11 Å². The van der Waals surface area contributed by atoms with Crippen LogP contribution < -0.4 is 10.1 Å². The molecule has 0 saturated heterocycles. The molecule has 0 heterocycles. The molecule has 112 valence electrons. The van der Waals surface area contributed by atoms with E-state index in [1.165, 1.54) is 17.2 Å². The minimum absolute atomic E-state index is 0.129.